The molecule has 0 spiro atoms. The molecule has 2 aromatic rings. The number of hydrogen-bond donors (Lipinski definition) is 2. The predicted molar refractivity (Wildman–Crippen MR) is 114 cm³/mol. The summed E-state index contributed by atoms with van der Waals surface area (Å²) >= 11 is 0. The van der Waals surface area contributed by atoms with Crippen LogP contribution >= 0.6 is 0 Å². The van der Waals surface area contributed by atoms with Crippen molar-refractivity contribution in [2.75, 3.05) is 20.2 Å². The van der Waals surface area contributed by atoms with Crippen molar-refractivity contribution in [1.82, 2.24) is 15.8 Å². The zero-order valence-electron chi connectivity index (χ0n) is 18.3. The lowest BCUT2D eigenvalue weighted by atomic mass is 10.00. The molecule has 158 valence electrons. The minimum absolute atomic E-state index is 0.211. The van der Waals surface area contributed by atoms with E-state index in [2.05, 4.69) is 46.8 Å². The summed E-state index contributed by atoms with van der Waals surface area (Å²) in [5.74, 6) is 3.71. The van der Waals surface area contributed by atoms with Gasteiger partial charge in [0, 0.05) is 49.2 Å². The van der Waals surface area contributed by atoms with Crippen LogP contribution in [-0.4, -0.2) is 37.4 Å². The minimum atomic E-state index is 0.211. The van der Waals surface area contributed by atoms with Crippen molar-refractivity contribution in [3.8, 4) is 11.5 Å². The Labute approximate surface area is 172 Å². The van der Waals surface area contributed by atoms with E-state index in [-0.39, 0.29) is 12.0 Å². The maximum Gasteiger partial charge on any atom is 0.191 e. The highest BCUT2D eigenvalue weighted by Crippen LogP contribution is 2.35. The van der Waals surface area contributed by atoms with Crippen molar-refractivity contribution in [2.45, 2.75) is 59.6 Å². The van der Waals surface area contributed by atoms with Crippen LogP contribution in [0.1, 0.15) is 54.8 Å². The van der Waals surface area contributed by atoms with Gasteiger partial charge in [0.15, 0.2) is 5.96 Å². The molecule has 1 aromatic heterocycles. The van der Waals surface area contributed by atoms with Crippen molar-refractivity contribution >= 4 is 5.96 Å². The van der Waals surface area contributed by atoms with Gasteiger partial charge < -0.3 is 24.6 Å². The summed E-state index contributed by atoms with van der Waals surface area (Å²) in [4.78, 5) is 4.34. The Morgan fingerprint density at radius 3 is 2.79 bits per heavy atom. The van der Waals surface area contributed by atoms with Crippen LogP contribution in [0.15, 0.2) is 21.6 Å². The highest BCUT2D eigenvalue weighted by molar-refractivity contribution is 5.79. The van der Waals surface area contributed by atoms with Gasteiger partial charge in [0.05, 0.1) is 12.3 Å². The second kappa shape index (κ2) is 9.20. The van der Waals surface area contributed by atoms with Gasteiger partial charge in [-0.1, -0.05) is 12.1 Å². The Hall–Kier alpha value is -2.70. The lowest BCUT2D eigenvalue weighted by molar-refractivity contribution is 0.254. The predicted octanol–water partition coefficient (Wildman–Crippen LogP) is 3.48. The average Bonchev–Trinajstić information content (AvgIpc) is 3.22. The van der Waals surface area contributed by atoms with Crippen molar-refractivity contribution in [1.29, 1.82) is 0 Å². The number of ether oxygens (including phenoxy) is 2. The standard InChI is InChI=1S/C22H32N4O3/c1-7-27-19-9-17-8-14(3)28-20(17)10-18(19)12-25-22(23-6)24-11-13(2)21-15(4)26-29-16(21)5/h9-10,13-14H,7-8,11-12H2,1-6H3,(H2,23,24,25). The molecule has 7 nitrogen and oxygen atoms in total. The molecule has 1 aliphatic rings. The molecule has 0 fully saturated rings. The first kappa shape index (κ1) is 21.0. The maximum atomic E-state index is 5.91. The van der Waals surface area contributed by atoms with Crippen LogP contribution < -0.4 is 20.1 Å². The number of rotatable bonds is 7. The summed E-state index contributed by atoms with van der Waals surface area (Å²) in [7, 11) is 1.77. The van der Waals surface area contributed by atoms with Gasteiger partial charge in [0.1, 0.15) is 23.4 Å². The van der Waals surface area contributed by atoms with Crippen molar-refractivity contribution in [3.05, 3.63) is 40.3 Å². The topological polar surface area (TPSA) is 80.9 Å². The lowest BCUT2D eigenvalue weighted by Gasteiger charge is -2.17. The van der Waals surface area contributed by atoms with Gasteiger partial charge in [0.25, 0.3) is 0 Å². The zero-order chi connectivity index (χ0) is 21.0. The van der Waals surface area contributed by atoms with Crippen molar-refractivity contribution in [2.24, 2.45) is 4.99 Å². The third-order valence-electron chi connectivity index (χ3n) is 5.21. The largest absolute Gasteiger partial charge is 0.494 e. The van der Waals surface area contributed by atoms with E-state index in [1.807, 2.05) is 20.8 Å². The highest BCUT2D eigenvalue weighted by atomic mass is 16.5. The van der Waals surface area contributed by atoms with Gasteiger partial charge in [-0.2, -0.15) is 0 Å². The summed E-state index contributed by atoms with van der Waals surface area (Å²) in [6.07, 6.45) is 1.13. The number of aryl methyl sites for hydroxylation is 2. The fourth-order valence-corrected chi connectivity index (χ4v) is 3.85. The molecule has 0 aliphatic carbocycles. The van der Waals surface area contributed by atoms with Crippen LogP contribution in [0.5, 0.6) is 11.5 Å². The molecule has 0 bridgehead atoms. The van der Waals surface area contributed by atoms with E-state index in [4.69, 9.17) is 14.0 Å². The number of hydrogen-bond acceptors (Lipinski definition) is 5. The monoisotopic (exact) mass is 400 g/mol. The van der Waals surface area contributed by atoms with Crippen LogP contribution in [0.2, 0.25) is 0 Å². The maximum absolute atomic E-state index is 5.91. The normalized spacial score (nSPS) is 16.9. The summed E-state index contributed by atoms with van der Waals surface area (Å²) in [6, 6.07) is 4.19. The van der Waals surface area contributed by atoms with Crippen LogP contribution in [0, 0.1) is 13.8 Å². The van der Waals surface area contributed by atoms with E-state index in [0.717, 1.165) is 53.0 Å². The molecule has 0 amide bonds. The van der Waals surface area contributed by atoms with E-state index in [1.165, 1.54) is 5.56 Å². The van der Waals surface area contributed by atoms with Crippen molar-refractivity contribution in [3.63, 3.8) is 0 Å². The third-order valence-corrected chi connectivity index (χ3v) is 5.21. The molecule has 29 heavy (non-hydrogen) atoms. The van der Waals surface area contributed by atoms with Crippen LogP contribution in [0.25, 0.3) is 0 Å². The molecule has 0 radical (unpaired) electrons. The number of aliphatic imine (C=N–C) groups is 1. The summed E-state index contributed by atoms with van der Waals surface area (Å²) in [6.45, 7) is 12.1. The first-order chi connectivity index (χ1) is 13.9. The minimum Gasteiger partial charge on any atom is -0.494 e. The fourth-order valence-electron chi connectivity index (χ4n) is 3.85. The first-order valence-corrected chi connectivity index (χ1v) is 10.2. The Morgan fingerprint density at radius 2 is 2.14 bits per heavy atom. The Balaban J connectivity index is 1.63. The van der Waals surface area contributed by atoms with E-state index in [0.29, 0.717) is 13.2 Å². The van der Waals surface area contributed by atoms with Gasteiger partial charge in [-0.05, 0) is 39.8 Å². The van der Waals surface area contributed by atoms with Crippen LogP contribution in [0.4, 0.5) is 0 Å². The number of fused-ring (bicyclic) bond motifs is 1. The first-order valence-electron chi connectivity index (χ1n) is 10.2. The second-order valence-electron chi connectivity index (χ2n) is 7.58. The molecule has 0 saturated heterocycles. The Bertz CT molecular complexity index is 856. The van der Waals surface area contributed by atoms with E-state index >= 15 is 0 Å². The molecule has 2 unspecified atom stereocenters. The van der Waals surface area contributed by atoms with Gasteiger partial charge >= 0.3 is 0 Å². The highest BCUT2D eigenvalue weighted by Gasteiger charge is 2.22. The smallest absolute Gasteiger partial charge is 0.191 e. The number of nitrogens with zero attached hydrogens (tertiary/aromatic N) is 2. The summed E-state index contributed by atoms with van der Waals surface area (Å²) in [5, 5.41) is 10.8. The van der Waals surface area contributed by atoms with Gasteiger partial charge in [-0.3, -0.25) is 4.99 Å². The molecule has 7 heteroatoms. The van der Waals surface area contributed by atoms with Gasteiger partial charge in [-0.15, -0.1) is 0 Å². The Kier molecular flexibility index (Phi) is 6.67. The fraction of sp³-hybridized carbons (Fsp3) is 0.545. The number of guanidine groups is 1. The Morgan fingerprint density at radius 1 is 1.34 bits per heavy atom. The molecular weight excluding hydrogens is 368 g/mol. The third kappa shape index (κ3) is 4.83. The quantitative estimate of drug-likeness (QED) is 0.547. The average molecular weight is 401 g/mol. The number of nitrogens with one attached hydrogen (secondary N) is 2. The molecule has 2 N–H and O–H groups in total. The summed E-state index contributed by atoms with van der Waals surface area (Å²) in [5.41, 5.74) is 4.35. The molecule has 2 atom stereocenters. The van der Waals surface area contributed by atoms with E-state index in [1.54, 1.807) is 7.05 Å². The molecular formula is C22H32N4O3. The molecule has 3 rings (SSSR count). The van der Waals surface area contributed by atoms with E-state index in [9.17, 15) is 0 Å². The van der Waals surface area contributed by atoms with Crippen molar-refractivity contribution < 1.29 is 14.0 Å². The molecule has 2 heterocycles. The molecule has 1 aliphatic heterocycles. The zero-order valence-corrected chi connectivity index (χ0v) is 18.3. The number of aromatic nitrogens is 1. The molecule has 1 aromatic carbocycles. The SMILES string of the molecule is CCOc1cc2c(cc1CNC(=NC)NCC(C)c1c(C)noc1C)OC(C)C2. The second-order valence-corrected chi connectivity index (χ2v) is 7.58. The van der Waals surface area contributed by atoms with Crippen LogP contribution in [0.3, 0.4) is 0 Å². The van der Waals surface area contributed by atoms with Crippen LogP contribution in [-0.2, 0) is 13.0 Å². The molecule has 0 saturated carbocycles. The van der Waals surface area contributed by atoms with Gasteiger partial charge in [0.2, 0.25) is 0 Å². The number of benzene rings is 1. The van der Waals surface area contributed by atoms with E-state index < -0.39 is 0 Å². The van der Waals surface area contributed by atoms with Gasteiger partial charge in [-0.25, -0.2) is 0 Å². The summed E-state index contributed by atoms with van der Waals surface area (Å²) < 4.78 is 17.1. The lowest BCUT2D eigenvalue weighted by Crippen LogP contribution is -2.38.